The molecule has 1 N–H and O–H groups in total. The predicted molar refractivity (Wildman–Crippen MR) is 102 cm³/mol. The minimum Gasteiger partial charge on any atom is -0.381 e. The molecular formula is C20H27N3O. The van der Waals surface area contributed by atoms with Gasteiger partial charge in [-0.15, -0.1) is 0 Å². The average molecular weight is 325 g/mol. The van der Waals surface area contributed by atoms with E-state index in [9.17, 15) is 0 Å². The number of benzene rings is 2. The van der Waals surface area contributed by atoms with E-state index in [-0.39, 0.29) is 0 Å². The molecule has 1 heterocycles. The van der Waals surface area contributed by atoms with Crippen LogP contribution in [0.15, 0.2) is 48.5 Å². The van der Waals surface area contributed by atoms with Crippen LogP contribution in [0.4, 0.5) is 17.1 Å². The highest BCUT2D eigenvalue weighted by Crippen LogP contribution is 2.23. The Labute approximate surface area is 145 Å². The van der Waals surface area contributed by atoms with E-state index in [0.29, 0.717) is 0 Å². The number of nitrogens with one attached hydrogen (secondary N) is 1. The van der Waals surface area contributed by atoms with Gasteiger partial charge >= 0.3 is 0 Å². The molecule has 0 saturated carbocycles. The molecule has 3 rings (SSSR count). The number of hydrogen-bond donors (Lipinski definition) is 1. The molecular weight excluding hydrogens is 298 g/mol. The number of rotatable bonds is 6. The summed E-state index contributed by atoms with van der Waals surface area (Å²) in [5, 5.41) is 3.58. The minimum absolute atomic E-state index is 0.814. The van der Waals surface area contributed by atoms with Crippen molar-refractivity contribution < 1.29 is 4.74 Å². The maximum Gasteiger partial charge on any atom is 0.0642 e. The van der Waals surface area contributed by atoms with Crippen molar-refractivity contribution in [3.05, 3.63) is 54.1 Å². The van der Waals surface area contributed by atoms with Gasteiger partial charge in [-0.3, -0.25) is 0 Å². The zero-order valence-electron chi connectivity index (χ0n) is 14.7. The number of ether oxygens (including phenoxy) is 1. The van der Waals surface area contributed by atoms with Crippen molar-refractivity contribution in [1.82, 2.24) is 0 Å². The Balaban J connectivity index is 1.69. The molecule has 0 unspecified atom stereocenters. The van der Waals surface area contributed by atoms with Crippen molar-refractivity contribution in [3.8, 4) is 0 Å². The van der Waals surface area contributed by atoms with Gasteiger partial charge in [-0.1, -0.05) is 24.3 Å². The van der Waals surface area contributed by atoms with Gasteiger partial charge in [0.1, 0.15) is 0 Å². The van der Waals surface area contributed by atoms with E-state index in [2.05, 4.69) is 77.6 Å². The topological polar surface area (TPSA) is 27.7 Å². The summed E-state index contributed by atoms with van der Waals surface area (Å²) in [7, 11) is 2.14. The van der Waals surface area contributed by atoms with Gasteiger partial charge in [0.2, 0.25) is 0 Å². The molecule has 1 saturated heterocycles. The highest BCUT2D eigenvalue weighted by molar-refractivity contribution is 5.60. The SMILES string of the molecule is CCN(C)c1ccccc1CNc1cccc(N2CCOCC2)c1. The normalized spacial score (nSPS) is 14.5. The lowest BCUT2D eigenvalue weighted by Crippen LogP contribution is -2.36. The molecule has 1 aliphatic heterocycles. The summed E-state index contributed by atoms with van der Waals surface area (Å²) in [5.41, 5.74) is 5.03. The third-order valence-corrected chi connectivity index (χ3v) is 4.58. The Kier molecular flexibility index (Phi) is 5.59. The number of anilines is 3. The molecule has 0 radical (unpaired) electrons. The first kappa shape index (κ1) is 16.7. The summed E-state index contributed by atoms with van der Waals surface area (Å²) >= 11 is 0. The van der Waals surface area contributed by atoms with E-state index < -0.39 is 0 Å². The molecule has 128 valence electrons. The molecule has 4 nitrogen and oxygen atoms in total. The van der Waals surface area contributed by atoms with Crippen LogP contribution in [0.5, 0.6) is 0 Å². The predicted octanol–water partition coefficient (Wildman–Crippen LogP) is 3.59. The highest BCUT2D eigenvalue weighted by Gasteiger charge is 2.11. The van der Waals surface area contributed by atoms with Gasteiger partial charge < -0.3 is 19.9 Å². The maximum atomic E-state index is 5.44. The van der Waals surface area contributed by atoms with Crippen LogP contribution in [0, 0.1) is 0 Å². The quantitative estimate of drug-likeness (QED) is 0.878. The molecule has 1 fully saturated rings. The largest absolute Gasteiger partial charge is 0.381 e. The van der Waals surface area contributed by atoms with Crippen LogP contribution in [0.3, 0.4) is 0 Å². The molecule has 0 bridgehead atoms. The van der Waals surface area contributed by atoms with Crippen molar-refractivity contribution >= 4 is 17.1 Å². The maximum absolute atomic E-state index is 5.44. The van der Waals surface area contributed by atoms with Crippen LogP contribution in [-0.4, -0.2) is 39.9 Å². The van der Waals surface area contributed by atoms with Crippen molar-refractivity contribution in [3.63, 3.8) is 0 Å². The van der Waals surface area contributed by atoms with Gasteiger partial charge in [0.15, 0.2) is 0 Å². The molecule has 2 aromatic carbocycles. The van der Waals surface area contributed by atoms with Crippen molar-refractivity contribution in [2.75, 3.05) is 55.0 Å². The zero-order valence-corrected chi connectivity index (χ0v) is 14.7. The van der Waals surface area contributed by atoms with E-state index in [4.69, 9.17) is 4.74 Å². The lowest BCUT2D eigenvalue weighted by Gasteiger charge is -2.29. The monoisotopic (exact) mass is 325 g/mol. The molecule has 0 aliphatic carbocycles. The van der Waals surface area contributed by atoms with Crippen LogP contribution in [-0.2, 0) is 11.3 Å². The second kappa shape index (κ2) is 8.06. The first-order valence-electron chi connectivity index (χ1n) is 8.73. The van der Waals surface area contributed by atoms with E-state index >= 15 is 0 Å². The standard InChI is InChI=1S/C20H27N3O/c1-3-22(2)20-10-5-4-7-17(20)16-21-18-8-6-9-19(15-18)23-11-13-24-14-12-23/h4-10,15,21H,3,11-14,16H2,1-2H3. The van der Waals surface area contributed by atoms with Crippen LogP contribution in [0.1, 0.15) is 12.5 Å². The van der Waals surface area contributed by atoms with Gasteiger partial charge in [-0.05, 0) is 36.8 Å². The van der Waals surface area contributed by atoms with E-state index in [1.165, 1.54) is 16.9 Å². The second-order valence-electron chi connectivity index (χ2n) is 6.15. The molecule has 0 atom stereocenters. The lowest BCUT2D eigenvalue weighted by molar-refractivity contribution is 0.122. The average Bonchev–Trinajstić information content (AvgIpc) is 2.67. The van der Waals surface area contributed by atoms with Gasteiger partial charge in [0.25, 0.3) is 0 Å². The summed E-state index contributed by atoms with van der Waals surface area (Å²) in [6.07, 6.45) is 0. The van der Waals surface area contributed by atoms with Gasteiger partial charge in [0.05, 0.1) is 13.2 Å². The Hall–Kier alpha value is -2.20. The van der Waals surface area contributed by atoms with Crippen molar-refractivity contribution in [1.29, 1.82) is 0 Å². The summed E-state index contributed by atoms with van der Waals surface area (Å²) < 4.78 is 5.44. The number of morpholine rings is 1. The van der Waals surface area contributed by atoms with Crippen LogP contribution < -0.4 is 15.1 Å². The first-order chi connectivity index (χ1) is 11.8. The lowest BCUT2D eigenvalue weighted by atomic mass is 10.1. The second-order valence-corrected chi connectivity index (χ2v) is 6.15. The van der Waals surface area contributed by atoms with Gasteiger partial charge in [0, 0.05) is 50.3 Å². The summed E-state index contributed by atoms with van der Waals surface area (Å²) in [6, 6.07) is 17.3. The Morgan fingerprint density at radius 3 is 2.67 bits per heavy atom. The van der Waals surface area contributed by atoms with Crippen LogP contribution in [0.2, 0.25) is 0 Å². The fourth-order valence-corrected chi connectivity index (χ4v) is 3.03. The molecule has 4 heteroatoms. The third kappa shape index (κ3) is 4.01. The van der Waals surface area contributed by atoms with Crippen LogP contribution in [0.25, 0.3) is 0 Å². The van der Waals surface area contributed by atoms with E-state index in [1.807, 2.05) is 0 Å². The number of para-hydroxylation sites is 1. The molecule has 0 spiro atoms. The summed E-state index contributed by atoms with van der Waals surface area (Å²) in [5.74, 6) is 0. The smallest absolute Gasteiger partial charge is 0.0642 e. The molecule has 0 aromatic heterocycles. The fourth-order valence-electron chi connectivity index (χ4n) is 3.03. The highest BCUT2D eigenvalue weighted by atomic mass is 16.5. The van der Waals surface area contributed by atoms with Crippen LogP contribution >= 0.6 is 0 Å². The van der Waals surface area contributed by atoms with Gasteiger partial charge in [-0.25, -0.2) is 0 Å². The first-order valence-corrected chi connectivity index (χ1v) is 8.73. The number of nitrogens with zero attached hydrogens (tertiary/aromatic N) is 2. The molecule has 0 amide bonds. The number of hydrogen-bond acceptors (Lipinski definition) is 4. The molecule has 24 heavy (non-hydrogen) atoms. The third-order valence-electron chi connectivity index (χ3n) is 4.58. The fraction of sp³-hybridized carbons (Fsp3) is 0.400. The minimum atomic E-state index is 0.814. The zero-order chi connectivity index (χ0) is 16.8. The summed E-state index contributed by atoms with van der Waals surface area (Å²) in [4.78, 5) is 4.66. The Morgan fingerprint density at radius 1 is 1.08 bits per heavy atom. The molecule has 2 aromatic rings. The van der Waals surface area contributed by atoms with Gasteiger partial charge in [-0.2, -0.15) is 0 Å². The van der Waals surface area contributed by atoms with Crippen molar-refractivity contribution in [2.24, 2.45) is 0 Å². The van der Waals surface area contributed by atoms with E-state index in [0.717, 1.165) is 45.1 Å². The Bertz CT molecular complexity index is 653. The molecule has 1 aliphatic rings. The van der Waals surface area contributed by atoms with Crippen molar-refractivity contribution in [2.45, 2.75) is 13.5 Å². The van der Waals surface area contributed by atoms with E-state index in [1.54, 1.807) is 0 Å². The Morgan fingerprint density at radius 2 is 1.88 bits per heavy atom. The summed E-state index contributed by atoms with van der Waals surface area (Å²) in [6.45, 7) is 7.57.